The molecule has 0 amide bonds. The van der Waals surface area contributed by atoms with E-state index < -0.39 is 10.3 Å². The van der Waals surface area contributed by atoms with Crippen molar-refractivity contribution in [2.75, 3.05) is 13.2 Å². The van der Waals surface area contributed by atoms with Gasteiger partial charge in [0.2, 0.25) is 0 Å². The number of benzene rings is 1. The van der Waals surface area contributed by atoms with Gasteiger partial charge in [-0.1, -0.05) is 12.1 Å². The topological polar surface area (TPSA) is 76.2 Å². The Morgan fingerprint density at radius 1 is 1.41 bits per heavy atom. The van der Waals surface area contributed by atoms with E-state index in [2.05, 4.69) is 6.07 Å². The van der Waals surface area contributed by atoms with E-state index in [1.165, 1.54) is 12.1 Å². The predicted octanol–water partition coefficient (Wildman–Crippen LogP) is 2.17. The molecule has 0 N–H and O–H groups in total. The average Bonchev–Trinajstić information content (AvgIpc) is 2.39. The van der Waals surface area contributed by atoms with E-state index in [0.29, 0.717) is 13.2 Å². The molecule has 1 aliphatic rings. The minimum absolute atomic E-state index is 0.0403. The molecule has 1 atom stereocenters. The quantitative estimate of drug-likeness (QED) is 0.578. The number of nitriles is 1. The van der Waals surface area contributed by atoms with Crippen LogP contribution in [0.1, 0.15) is 18.4 Å². The van der Waals surface area contributed by atoms with E-state index in [1.54, 1.807) is 12.1 Å². The van der Waals surface area contributed by atoms with E-state index >= 15 is 0 Å². The summed E-state index contributed by atoms with van der Waals surface area (Å²) in [5.74, 6) is 0. The van der Waals surface area contributed by atoms with Gasteiger partial charge in [-0.2, -0.15) is 5.26 Å². The third kappa shape index (κ3) is 2.12. The molecule has 17 heavy (non-hydrogen) atoms. The molecule has 0 bridgehead atoms. The number of rotatable bonds is 2. The summed E-state index contributed by atoms with van der Waals surface area (Å²) in [6.45, 7) is 1.04. The van der Waals surface area contributed by atoms with Gasteiger partial charge in [0.15, 0.2) is 0 Å². The molecule has 5 nitrogen and oxygen atoms in total. The fourth-order valence-electron chi connectivity index (χ4n) is 2.08. The zero-order valence-corrected chi connectivity index (χ0v) is 9.26. The van der Waals surface area contributed by atoms with Crippen molar-refractivity contribution >= 4 is 5.69 Å². The van der Waals surface area contributed by atoms with Gasteiger partial charge in [0.25, 0.3) is 5.69 Å². The molecule has 0 aliphatic carbocycles. The van der Waals surface area contributed by atoms with E-state index in [1.807, 2.05) is 0 Å². The first-order chi connectivity index (χ1) is 8.18. The zero-order chi connectivity index (χ0) is 12.3. The minimum Gasteiger partial charge on any atom is -0.379 e. The number of nitro groups is 1. The van der Waals surface area contributed by atoms with Gasteiger partial charge in [-0.25, -0.2) is 0 Å². The number of nitrogens with zero attached hydrogens (tertiary/aromatic N) is 2. The highest BCUT2D eigenvalue weighted by atomic mass is 16.6. The van der Waals surface area contributed by atoms with Crippen LogP contribution in [0.4, 0.5) is 5.69 Å². The summed E-state index contributed by atoms with van der Waals surface area (Å²) in [7, 11) is 0. The Labute approximate surface area is 98.8 Å². The Bertz CT molecular complexity index is 456. The van der Waals surface area contributed by atoms with Gasteiger partial charge in [-0.05, 0) is 18.4 Å². The van der Waals surface area contributed by atoms with Crippen molar-refractivity contribution in [1.82, 2.24) is 0 Å². The van der Waals surface area contributed by atoms with Crippen LogP contribution in [0.15, 0.2) is 24.3 Å². The van der Waals surface area contributed by atoms with E-state index in [0.717, 1.165) is 18.4 Å². The van der Waals surface area contributed by atoms with Crippen LogP contribution < -0.4 is 0 Å². The Kier molecular flexibility index (Phi) is 3.07. The van der Waals surface area contributed by atoms with Crippen LogP contribution in [0.2, 0.25) is 0 Å². The van der Waals surface area contributed by atoms with Gasteiger partial charge in [-0.3, -0.25) is 10.1 Å². The van der Waals surface area contributed by atoms with Gasteiger partial charge < -0.3 is 4.74 Å². The van der Waals surface area contributed by atoms with E-state index in [-0.39, 0.29) is 5.69 Å². The lowest BCUT2D eigenvalue weighted by Gasteiger charge is -2.30. The van der Waals surface area contributed by atoms with Crippen molar-refractivity contribution in [3.8, 4) is 6.07 Å². The maximum atomic E-state index is 10.6. The Hall–Kier alpha value is -1.93. The van der Waals surface area contributed by atoms with Crippen molar-refractivity contribution in [1.29, 1.82) is 5.26 Å². The molecule has 88 valence electrons. The summed E-state index contributed by atoms with van der Waals surface area (Å²) in [5, 5.41) is 19.9. The van der Waals surface area contributed by atoms with Crippen LogP contribution in [0.25, 0.3) is 0 Å². The van der Waals surface area contributed by atoms with Gasteiger partial charge in [-0.15, -0.1) is 0 Å². The number of nitro benzene ring substituents is 1. The molecule has 0 spiro atoms. The fraction of sp³-hybridized carbons (Fsp3) is 0.417. The summed E-state index contributed by atoms with van der Waals surface area (Å²) < 4.78 is 5.35. The molecule has 1 saturated heterocycles. The highest BCUT2D eigenvalue weighted by molar-refractivity contribution is 5.40. The summed E-state index contributed by atoms with van der Waals surface area (Å²) >= 11 is 0. The SMILES string of the molecule is N#C[C@@]1(c2ccc([N+](=O)[O-])cc2)CCCOC1. The van der Waals surface area contributed by atoms with E-state index in [4.69, 9.17) is 4.74 Å². The van der Waals surface area contributed by atoms with Crippen LogP contribution >= 0.6 is 0 Å². The average molecular weight is 232 g/mol. The van der Waals surface area contributed by atoms with Crippen molar-refractivity contribution in [2.45, 2.75) is 18.3 Å². The van der Waals surface area contributed by atoms with E-state index in [9.17, 15) is 15.4 Å². The first-order valence-electron chi connectivity index (χ1n) is 5.42. The van der Waals surface area contributed by atoms with Crippen LogP contribution in [-0.4, -0.2) is 18.1 Å². The van der Waals surface area contributed by atoms with Crippen LogP contribution in [0.5, 0.6) is 0 Å². The van der Waals surface area contributed by atoms with Gasteiger partial charge in [0.05, 0.1) is 17.6 Å². The maximum Gasteiger partial charge on any atom is 0.269 e. The Morgan fingerprint density at radius 2 is 2.12 bits per heavy atom. The second kappa shape index (κ2) is 4.52. The lowest BCUT2D eigenvalue weighted by atomic mass is 9.77. The first kappa shape index (κ1) is 11.6. The zero-order valence-electron chi connectivity index (χ0n) is 9.26. The maximum absolute atomic E-state index is 10.6. The second-order valence-corrected chi connectivity index (χ2v) is 4.15. The Morgan fingerprint density at radius 3 is 2.59 bits per heavy atom. The Balaban J connectivity index is 2.32. The monoisotopic (exact) mass is 232 g/mol. The first-order valence-corrected chi connectivity index (χ1v) is 5.42. The molecule has 1 aromatic carbocycles. The standard InChI is InChI=1S/C12H12N2O3/c13-8-12(6-1-7-17-9-12)10-2-4-11(5-3-10)14(15)16/h2-5H,1,6-7,9H2/t12-/m0/s1. The van der Waals surface area contributed by atoms with Gasteiger partial charge >= 0.3 is 0 Å². The molecule has 0 unspecified atom stereocenters. The smallest absolute Gasteiger partial charge is 0.269 e. The molecule has 1 aliphatic heterocycles. The number of ether oxygens (including phenoxy) is 1. The number of hydrogen-bond acceptors (Lipinski definition) is 4. The molecule has 1 fully saturated rings. The normalized spacial score (nSPS) is 23.9. The van der Waals surface area contributed by atoms with Gasteiger partial charge in [0.1, 0.15) is 5.41 Å². The lowest BCUT2D eigenvalue weighted by Crippen LogP contribution is -2.34. The molecule has 1 aromatic rings. The van der Waals surface area contributed by atoms with Crippen molar-refractivity contribution in [2.24, 2.45) is 0 Å². The summed E-state index contributed by atoms with van der Waals surface area (Å²) in [6.07, 6.45) is 1.58. The highest BCUT2D eigenvalue weighted by Gasteiger charge is 2.35. The van der Waals surface area contributed by atoms with Crippen molar-refractivity contribution in [3.05, 3.63) is 39.9 Å². The molecule has 0 aromatic heterocycles. The van der Waals surface area contributed by atoms with Gasteiger partial charge in [0, 0.05) is 18.7 Å². The predicted molar refractivity (Wildman–Crippen MR) is 60.4 cm³/mol. The molecule has 5 heteroatoms. The molecule has 0 saturated carbocycles. The summed E-state index contributed by atoms with van der Waals surface area (Å²) in [5.41, 5.74) is 0.191. The molecular weight excluding hydrogens is 220 g/mol. The molecule has 1 heterocycles. The number of hydrogen-bond donors (Lipinski definition) is 0. The summed E-state index contributed by atoms with van der Waals surface area (Å²) in [4.78, 5) is 10.1. The lowest BCUT2D eigenvalue weighted by molar-refractivity contribution is -0.384. The van der Waals surface area contributed by atoms with Crippen LogP contribution in [0.3, 0.4) is 0 Å². The second-order valence-electron chi connectivity index (χ2n) is 4.15. The largest absolute Gasteiger partial charge is 0.379 e. The molecular formula is C12H12N2O3. The van der Waals surface area contributed by atoms with Crippen LogP contribution in [-0.2, 0) is 10.2 Å². The van der Waals surface area contributed by atoms with Crippen molar-refractivity contribution in [3.63, 3.8) is 0 Å². The minimum atomic E-state index is -0.645. The third-order valence-electron chi connectivity index (χ3n) is 3.09. The summed E-state index contributed by atoms with van der Waals surface area (Å²) in [6, 6.07) is 8.45. The molecule has 0 radical (unpaired) electrons. The van der Waals surface area contributed by atoms with Crippen LogP contribution in [0, 0.1) is 21.4 Å². The number of non-ortho nitro benzene ring substituents is 1. The highest BCUT2D eigenvalue weighted by Crippen LogP contribution is 2.33. The van der Waals surface area contributed by atoms with Crippen molar-refractivity contribution < 1.29 is 9.66 Å². The molecule has 2 rings (SSSR count). The third-order valence-corrected chi connectivity index (χ3v) is 3.09. The fourth-order valence-corrected chi connectivity index (χ4v) is 2.08.